The van der Waals surface area contributed by atoms with Crippen LogP contribution in [0.25, 0.3) is 0 Å². The van der Waals surface area contributed by atoms with Crippen LogP contribution < -0.4 is 5.73 Å². The van der Waals surface area contributed by atoms with Gasteiger partial charge in [0.25, 0.3) is 0 Å². The van der Waals surface area contributed by atoms with Gasteiger partial charge in [0, 0.05) is 0 Å². The van der Waals surface area contributed by atoms with Crippen molar-refractivity contribution >= 4 is 11.9 Å². The van der Waals surface area contributed by atoms with Crippen molar-refractivity contribution in [3.63, 3.8) is 0 Å². The summed E-state index contributed by atoms with van der Waals surface area (Å²) in [6.45, 7) is 0. The lowest BCUT2D eigenvalue weighted by Crippen LogP contribution is -2.13. The molecule has 0 atom stereocenters. The normalized spacial score (nSPS) is 9.71. The molecular formula is C9H9NO4. The predicted molar refractivity (Wildman–Crippen MR) is 48.0 cm³/mol. The monoisotopic (exact) mass is 195 g/mol. The average Bonchev–Trinajstić information content (AvgIpc) is 2.01. The molecule has 5 nitrogen and oxygen atoms in total. The summed E-state index contributed by atoms with van der Waals surface area (Å²) in [6.07, 6.45) is -0.0204. The number of nitrogens with two attached hydrogens (primary N) is 1. The van der Waals surface area contributed by atoms with Crippen molar-refractivity contribution in [2.75, 3.05) is 0 Å². The number of benzene rings is 1. The first-order chi connectivity index (χ1) is 6.50. The van der Waals surface area contributed by atoms with Crippen LogP contribution in [0.15, 0.2) is 18.2 Å². The van der Waals surface area contributed by atoms with Gasteiger partial charge in [-0.25, -0.2) is 4.79 Å². The van der Waals surface area contributed by atoms with Crippen LogP contribution in [0.5, 0.6) is 5.75 Å². The Kier molecular flexibility index (Phi) is 2.71. The zero-order valence-corrected chi connectivity index (χ0v) is 7.23. The van der Waals surface area contributed by atoms with Gasteiger partial charge in [-0.2, -0.15) is 0 Å². The molecule has 5 heteroatoms. The van der Waals surface area contributed by atoms with Gasteiger partial charge in [0.2, 0.25) is 5.91 Å². The zero-order valence-electron chi connectivity index (χ0n) is 7.23. The molecule has 0 fully saturated rings. The van der Waals surface area contributed by atoms with Crippen molar-refractivity contribution in [2.24, 2.45) is 5.73 Å². The number of hydrogen-bond acceptors (Lipinski definition) is 3. The van der Waals surface area contributed by atoms with Crippen LogP contribution in [-0.4, -0.2) is 22.1 Å². The minimum atomic E-state index is -1.21. The van der Waals surface area contributed by atoms with E-state index in [9.17, 15) is 14.7 Å². The van der Waals surface area contributed by atoms with Crippen molar-refractivity contribution in [2.45, 2.75) is 6.42 Å². The summed E-state index contributed by atoms with van der Waals surface area (Å²) < 4.78 is 0. The highest BCUT2D eigenvalue weighted by Crippen LogP contribution is 2.18. The quantitative estimate of drug-likeness (QED) is 0.637. The molecule has 74 valence electrons. The number of primary amides is 1. The van der Waals surface area contributed by atoms with Gasteiger partial charge in [-0.05, 0) is 17.7 Å². The predicted octanol–water partition coefficient (Wildman–Crippen LogP) is 0.118. The van der Waals surface area contributed by atoms with Crippen molar-refractivity contribution in [1.29, 1.82) is 0 Å². The molecule has 0 bridgehead atoms. The van der Waals surface area contributed by atoms with Crippen LogP contribution in [0.4, 0.5) is 0 Å². The molecule has 4 N–H and O–H groups in total. The van der Waals surface area contributed by atoms with Crippen LogP contribution in [-0.2, 0) is 11.2 Å². The maximum absolute atomic E-state index is 10.5. The van der Waals surface area contributed by atoms with Gasteiger partial charge in [0.1, 0.15) is 11.3 Å². The third kappa shape index (κ3) is 2.22. The Hall–Kier alpha value is -2.04. The standard InChI is InChI=1S/C9H9NO4/c10-8(12)4-5-1-2-6(9(13)14)7(11)3-5/h1-3,11H,4H2,(H2,10,12)(H,13,14). The molecule has 1 amide bonds. The Morgan fingerprint density at radius 2 is 2.00 bits per heavy atom. The topological polar surface area (TPSA) is 101 Å². The molecule has 0 saturated heterocycles. The SMILES string of the molecule is NC(=O)Cc1ccc(C(=O)O)c(O)c1. The number of aromatic carboxylic acids is 1. The Labute approximate surface area is 79.8 Å². The van der Waals surface area contributed by atoms with Gasteiger partial charge in [-0.3, -0.25) is 4.79 Å². The summed E-state index contributed by atoms with van der Waals surface area (Å²) in [4.78, 5) is 21.0. The second kappa shape index (κ2) is 3.78. The maximum Gasteiger partial charge on any atom is 0.339 e. The van der Waals surface area contributed by atoms with Crippen LogP contribution in [0, 0.1) is 0 Å². The summed E-state index contributed by atoms with van der Waals surface area (Å²) in [7, 11) is 0. The second-order valence-electron chi connectivity index (χ2n) is 2.80. The molecule has 1 aromatic rings. The van der Waals surface area contributed by atoms with Gasteiger partial charge in [0.15, 0.2) is 0 Å². The van der Waals surface area contributed by atoms with E-state index in [1.54, 1.807) is 0 Å². The smallest absolute Gasteiger partial charge is 0.339 e. The molecule has 0 radical (unpaired) electrons. The van der Waals surface area contributed by atoms with Crippen LogP contribution >= 0.6 is 0 Å². The van der Waals surface area contributed by atoms with Crippen LogP contribution in [0.3, 0.4) is 0 Å². The minimum absolute atomic E-state index is 0.0204. The Morgan fingerprint density at radius 3 is 2.43 bits per heavy atom. The van der Waals surface area contributed by atoms with Gasteiger partial charge >= 0.3 is 5.97 Å². The molecule has 0 unspecified atom stereocenters. The molecule has 0 aliphatic rings. The number of phenols is 1. The van der Waals surface area contributed by atoms with E-state index in [1.165, 1.54) is 18.2 Å². The molecule has 0 aromatic heterocycles. The highest BCUT2D eigenvalue weighted by atomic mass is 16.4. The fourth-order valence-electron chi connectivity index (χ4n) is 1.07. The lowest BCUT2D eigenvalue weighted by atomic mass is 10.1. The Bertz CT molecular complexity index is 386. The molecule has 1 aromatic carbocycles. The van der Waals surface area contributed by atoms with Gasteiger partial charge in [-0.1, -0.05) is 6.07 Å². The molecule has 0 aliphatic carbocycles. The number of hydrogen-bond donors (Lipinski definition) is 3. The van der Waals surface area contributed by atoms with Crippen molar-refractivity contribution < 1.29 is 19.8 Å². The Morgan fingerprint density at radius 1 is 1.36 bits per heavy atom. The molecule has 0 saturated carbocycles. The molecule has 1 rings (SSSR count). The summed E-state index contributed by atoms with van der Waals surface area (Å²) >= 11 is 0. The number of carboxylic acids is 1. The second-order valence-corrected chi connectivity index (χ2v) is 2.80. The fraction of sp³-hybridized carbons (Fsp3) is 0.111. The maximum atomic E-state index is 10.5. The highest BCUT2D eigenvalue weighted by molar-refractivity contribution is 5.91. The molecule has 0 spiro atoms. The first-order valence-electron chi connectivity index (χ1n) is 3.84. The largest absolute Gasteiger partial charge is 0.507 e. The lowest BCUT2D eigenvalue weighted by Gasteiger charge is -2.02. The van der Waals surface area contributed by atoms with Crippen LogP contribution in [0.1, 0.15) is 15.9 Å². The third-order valence-corrected chi connectivity index (χ3v) is 1.67. The fourth-order valence-corrected chi connectivity index (χ4v) is 1.07. The van der Waals surface area contributed by atoms with Gasteiger partial charge < -0.3 is 15.9 Å². The number of carbonyl (C=O) groups is 2. The van der Waals surface area contributed by atoms with E-state index in [2.05, 4.69) is 0 Å². The van der Waals surface area contributed by atoms with E-state index in [0.717, 1.165) is 0 Å². The third-order valence-electron chi connectivity index (χ3n) is 1.67. The highest BCUT2D eigenvalue weighted by Gasteiger charge is 2.10. The molecule has 14 heavy (non-hydrogen) atoms. The van der Waals surface area contributed by atoms with Crippen LogP contribution in [0.2, 0.25) is 0 Å². The van der Waals surface area contributed by atoms with E-state index in [1.807, 2.05) is 0 Å². The molecule has 0 heterocycles. The van der Waals surface area contributed by atoms with E-state index in [-0.39, 0.29) is 17.7 Å². The summed E-state index contributed by atoms with van der Waals surface area (Å²) in [5.74, 6) is -2.11. The zero-order chi connectivity index (χ0) is 10.7. The van der Waals surface area contributed by atoms with Crippen molar-refractivity contribution in [3.8, 4) is 5.75 Å². The van der Waals surface area contributed by atoms with Gasteiger partial charge in [-0.15, -0.1) is 0 Å². The van der Waals surface area contributed by atoms with Crippen molar-refractivity contribution in [3.05, 3.63) is 29.3 Å². The number of amides is 1. The summed E-state index contributed by atoms with van der Waals surface area (Å²) in [6, 6.07) is 3.89. The van der Waals surface area contributed by atoms with Gasteiger partial charge in [0.05, 0.1) is 6.42 Å². The average molecular weight is 195 g/mol. The molecular weight excluding hydrogens is 186 g/mol. The van der Waals surface area contributed by atoms with Crippen molar-refractivity contribution in [1.82, 2.24) is 0 Å². The number of carbonyl (C=O) groups excluding carboxylic acids is 1. The van der Waals surface area contributed by atoms with E-state index in [4.69, 9.17) is 10.8 Å². The van der Waals surface area contributed by atoms with E-state index < -0.39 is 11.9 Å². The number of carboxylic acid groups (broad SMARTS) is 1. The summed E-state index contributed by atoms with van der Waals surface area (Å²) in [5, 5.41) is 17.8. The van der Waals surface area contributed by atoms with E-state index >= 15 is 0 Å². The molecule has 0 aliphatic heterocycles. The number of aromatic hydroxyl groups is 1. The summed E-state index contributed by atoms with van der Waals surface area (Å²) in [5.41, 5.74) is 5.23. The lowest BCUT2D eigenvalue weighted by molar-refractivity contribution is -0.117. The number of rotatable bonds is 3. The Balaban J connectivity index is 3.00. The van der Waals surface area contributed by atoms with E-state index in [0.29, 0.717) is 5.56 Å². The first-order valence-corrected chi connectivity index (χ1v) is 3.84. The first kappa shape index (κ1) is 10.0. The minimum Gasteiger partial charge on any atom is -0.507 e.